The van der Waals surface area contributed by atoms with Crippen LogP contribution in [0.2, 0.25) is 0 Å². The lowest BCUT2D eigenvalue weighted by Gasteiger charge is -2.28. The molecule has 0 aliphatic carbocycles. The first-order valence-electron chi connectivity index (χ1n) is 20.1. The van der Waals surface area contributed by atoms with E-state index in [9.17, 15) is 0 Å². The van der Waals surface area contributed by atoms with E-state index in [2.05, 4.69) is 205 Å². The van der Waals surface area contributed by atoms with Gasteiger partial charge in [-0.2, -0.15) is 0 Å². The molecule has 2 aromatic heterocycles. The van der Waals surface area contributed by atoms with Crippen molar-refractivity contribution in [3.63, 3.8) is 0 Å². The number of para-hydroxylation sites is 3. The number of anilines is 3. The summed E-state index contributed by atoms with van der Waals surface area (Å²) >= 11 is 0. The van der Waals surface area contributed by atoms with E-state index in [0.29, 0.717) is 0 Å². The minimum Gasteiger partial charge on any atom is -0.456 e. The molecule has 12 rings (SSSR count). The van der Waals surface area contributed by atoms with Gasteiger partial charge in [-0.1, -0.05) is 158 Å². The van der Waals surface area contributed by atoms with Crippen LogP contribution < -0.4 is 4.90 Å². The van der Waals surface area contributed by atoms with E-state index in [1.165, 1.54) is 27.3 Å². The van der Waals surface area contributed by atoms with E-state index in [1.54, 1.807) is 0 Å². The zero-order valence-electron chi connectivity index (χ0n) is 32.0. The van der Waals surface area contributed by atoms with Gasteiger partial charge in [-0.15, -0.1) is 0 Å². The first-order valence-corrected chi connectivity index (χ1v) is 20.1. The predicted octanol–water partition coefficient (Wildman–Crippen LogP) is 16.3. The minimum atomic E-state index is 0.870. The zero-order valence-corrected chi connectivity index (χ0v) is 32.0. The van der Waals surface area contributed by atoms with Crippen LogP contribution in [0.4, 0.5) is 17.1 Å². The van der Waals surface area contributed by atoms with Gasteiger partial charge in [0.05, 0.1) is 5.69 Å². The first-order chi connectivity index (χ1) is 29.2. The van der Waals surface area contributed by atoms with Gasteiger partial charge >= 0.3 is 0 Å². The summed E-state index contributed by atoms with van der Waals surface area (Å²) in [4.78, 5) is 2.39. The normalized spacial score (nSPS) is 11.7. The quantitative estimate of drug-likeness (QED) is 0.169. The van der Waals surface area contributed by atoms with E-state index in [-0.39, 0.29) is 0 Å². The number of benzene rings is 10. The monoisotopic (exact) mass is 753 g/mol. The number of hydrogen-bond donors (Lipinski definition) is 0. The molecule has 0 saturated heterocycles. The van der Waals surface area contributed by atoms with Gasteiger partial charge in [0, 0.05) is 44.0 Å². The highest BCUT2D eigenvalue weighted by Crippen LogP contribution is 2.47. The van der Waals surface area contributed by atoms with E-state index in [4.69, 9.17) is 8.83 Å². The van der Waals surface area contributed by atoms with Crippen LogP contribution in [0, 0.1) is 0 Å². The zero-order chi connectivity index (χ0) is 38.9. The summed E-state index contributed by atoms with van der Waals surface area (Å²) in [6.07, 6.45) is 0. The molecule has 0 aliphatic heterocycles. The summed E-state index contributed by atoms with van der Waals surface area (Å²) in [5.41, 5.74) is 13.4. The maximum atomic E-state index is 6.58. The van der Waals surface area contributed by atoms with Crippen molar-refractivity contribution in [3.05, 3.63) is 212 Å². The molecule has 0 bridgehead atoms. The molecule has 3 nitrogen and oxygen atoms in total. The van der Waals surface area contributed by atoms with Gasteiger partial charge in [-0.3, -0.25) is 0 Å². The Bertz CT molecular complexity index is 3570. The summed E-state index contributed by atoms with van der Waals surface area (Å²) < 4.78 is 13.1. The van der Waals surface area contributed by atoms with Gasteiger partial charge in [-0.25, -0.2) is 0 Å². The van der Waals surface area contributed by atoms with Gasteiger partial charge in [0.1, 0.15) is 22.3 Å². The summed E-state index contributed by atoms with van der Waals surface area (Å²) in [7, 11) is 0. The Morgan fingerprint density at radius 3 is 1.83 bits per heavy atom. The Labute approximate surface area is 340 Å². The highest BCUT2D eigenvalue weighted by Gasteiger charge is 2.22. The first kappa shape index (κ1) is 33.3. The van der Waals surface area contributed by atoms with Crippen molar-refractivity contribution in [1.29, 1.82) is 0 Å². The molecule has 10 aromatic carbocycles. The van der Waals surface area contributed by atoms with Crippen molar-refractivity contribution in [2.24, 2.45) is 0 Å². The Balaban J connectivity index is 1.07. The molecule has 0 N–H and O–H groups in total. The molecule has 59 heavy (non-hydrogen) atoms. The lowest BCUT2D eigenvalue weighted by molar-refractivity contribution is 0.669. The SMILES string of the molecule is c1cc(-c2cccc3c2oc2ccccc23)cc(N(c2ccc(-c3cccc4ccccc34)cc2)c2ccccc2-c2cccc3oc4cc5ccccc5cc4c23)c1. The van der Waals surface area contributed by atoms with Crippen molar-refractivity contribution < 1.29 is 8.83 Å². The van der Waals surface area contributed by atoms with E-state index >= 15 is 0 Å². The Morgan fingerprint density at radius 2 is 0.932 bits per heavy atom. The van der Waals surface area contributed by atoms with Crippen LogP contribution in [0.5, 0.6) is 0 Å². The molecule has 12 aromatic rings. The molecule has 0 atom stereocenters. The molecule has 0 saturated carbocycles. The van der Waals surface area contributed by atoms with Crippen molar-refractivity contribution in [2.75, 3.05) is 4.90 Å². The molecule has 276 valence electrons. The van der Waals surface area contributed by atoms with Crippen LogP contribution in [0.1, 0.15) is 0 Å². The summed E-state index contributed by atoms with van der Waals surface area (Å²) in [5, 5.41) is 9.28. The Morgan fingerprint density at radius 1 is 0.305 bits per heavy atom. The fourth-order valence-corrected chi connectivity index (χ4v) is 9.11. The average Bonchev–Trinajstić information content (AvgIpc) is 3.87. The maximum absolute atomic E-state index is 6.58. The number of hydrogen-bond acceptors (Lipinski definition) is 3. The lowest BCUT2D eigenvalue weighted by atomic mass is 9.95. The van der Waals surface area contributed by atoms with Gasteiger partial charge in [0.2, 0.25) is 0 Å². The highest BCUT2D eigenvalue weighted by molar-refractivity contribution is 6.17. The van der Waals surface area contributed by atoms with Gasteiger partial charge in [0.15, 0.2) is 0 Å². The number of nitrogens with zero attached hydrogens (tertiary/aromatic N) is 1. The van der Waals surface area contributed by atoms with E-state index in [1.807, 2.05) is 12.1 Å². The Hall–Kier alpha value is -7.88. The lowest BCUT2D eigenvalue weighted by Crippen LogP contribution is -2.11. The Kier molecular flexibility index (Phi) is 7.54. The van der Waals surface area contributed by atoms with Crippen LogP contribution in [0.3, 0.4) is 0 Å². The topological polar surface area (TPSA) is 29.5 Å². The van der Waals surface area contributed by atoms with Crippen LogP contribution >= 0.6 is 0 Å². The summed E-state index contributed by atoms with van der Waals surface area (Å²) in [6.45, 7) is 0. The van der Waals surface area contributed by atoms with Gasteiger partial charge < -0.3 is 13.7 Å². The van der Waals surface area contributed by atoms with E-state index < -0.39 is 0 Å². The molecule has 3 heteroatoms. The van der Waals surface area contributed by atoms with Gasteiger partial charge in [0.25, 0.3) is 0 Å². The largest absolute Gasteiger partial charge is 0.456 e. The number of rotatable bonds is 6. The second-order valence-electron chi connectivity index (χ2n) is 15.2. The summed E-state index contributed by atoms with van der Waals surface area (Å²) in [6, 6.07) is 75.8. The number of furan rings is 2. The van der Waals surface area contributed by atoms with Crippen LogP contribution in [-0.4, -0.2) is 0 Å². The third-order valence-corrected chi connectivity index (χ3v) is 11.8. The molecule has 0 radical (unpaired) electrons. The molecule has 2 heterocycles. The highest BCUT2D eigenvalue weighted by atomic mass is 16.3. The third-order valence-electron chi connectivity index (χ3n) is 11.8. The molecule has 0 aliphatic rings. The van der Waals surface area contributed by atoms with Crippen LogP contribution in [0.15, 0.2) is 221 Å². The fourth-order valence-electron chi connectivity index (χ4n) is 9.11. The second-order valence-corrected chi connectivity index (χ2v) is 15.2. The van der Waals surface area contributed by atoms with Crippen molar-refractivity contribution in [3.8, 4) is 33.4 Å². The number of fused-ring (bicyclic) bond motifs is 8. The molecular weight excluding hydrogens is 719 g/mol. The van der Waals surface area contributed by atoms with Gasteiger partial charge in [-0.05, 0) is 98.4 Å². The van der Waals surface area contributed by atoms with Crippen LogP contribution in [-0.2, 0) is 0 Å². The summed E-state index contributed by atoms with van der Waals surface area (Å²) in [5.74, 6) is 0. The third kappa shape index (κ3) is 5.44. The molecule has 0 spiro atoms. The smallest absolute Gasteiger partial charge is 0.143 e. The molecular formula is C56H35NO2. The molecule has 0 fully saturated rings. The standard InChI is InChI=1S/C56H35NO2/c1-2-15-39-35-54-50(34-38(39)14-1)55-48(24-12-28-53(55)58-54)46-20-5-7-26-51(46)57(41-31-29-37(30-32-41)44-22-10-16-36-13-3-4-19-43(36)44)42-18-9-17-40(33-42)45-23-11-25-49-47-21-6-8-27-52(47)59-56(45)49/h1-35H. The molecule has 0 unspecified atom stereocenters. The maximum Gasteiger partial charge on any atom is 0.143 e. The second kappa shape index (κ2) is 13.4. The molecule has 0 amide bonds. The minimum absolute atomic E-state index is 0.870. The fraction of sp³-hybridized carbons (Fsp3) is 0. The van der Waals surface area contributed by atoms with Crippen LogP contribution in [0.25, 0.3) is 98.8 Å². The van der Waals surface area contributed by atoms with E-state index in [0.717, 1.165) is 88.6 Å². The average molecular weight is 754 g/mol. The van der Waals surface area contributed by atoms with Crippen molar-refractivity contribution in [2.45, 2.75) is 0 Å². The van der Waals surface area contributed by atoms with Crippen molar-refractivity contribution >= 4 is 82.5 Å². The predicted molar refractivity (Wildman–Crippen MR) is 247 cm³/mol. The van der Waals surface area contributed by atoms with Crippen molar-refractivity contribution in [1.82, 2.24) is 0 Å².